The van der Waals surface area contributed by atoms with Crippen molar-refractivity contribution in [1.29, 1.82) is 0 Å². The third kappa shape index (κ3) is 1.44. The second kappa shape index (κ2) is 3.50. The molecular formula is C11H15NO2. The van der Waals surface area contributed by atoms with Gasteiger partial charge in [0, 0.05) is 6.04 Å². The summed E-state index contributed by atoms with van der Waals surface area (Å²) in [4.78, 5) is 0. The second-order valence-electron chi connectivity index (χ2n) is 3.65. The van der Waals surface area contributed by atoms with E-state index in [1.165, 1.54) is 11.1 Å². The van der Waals surface area contributed by atoms with Gasteiger partial charge in [-0.1, -0.05) is 0 Å². The maximum Gasteiger partial charge on any atom is 0.160 e. The summed E-state index contributed by atoms with van der Waals surface area (Å²) >= 11 is 0. The van der Waals surface area contributed by atoms with Crippen LogP contribution in [0.1, 0.15) is 24.1 Å². The fourth-order valence-corrected chi connectivity index (χ4v) is 1.94. The lowest BCUT2D eigenvalue weighted by molar-refractivity contribution is 0.370. The van der Waals surface area contributed by atoms with Gasteiger partial charge in [0.15, 0.2) is 11.5 Å². The minimum absolute atomic E-state index is 0.224. The summed E-state index contributed by atoms with van der Waals surface area (Å²) in [6.07, 6.45) is 0.996. The largest absolute Gasteiger partial charge is 0.504 e. The van der Waals surface area contributed by atoms with Crippen LogP contribution in [-0.4, -0.2) is 18.8 Å². The molecule has 3 heteroatoms. The second-order valence-corrected chi connectivity index (χ2v) is 3.65. The molecule has 0 aliphatic carbocycles. The van der Waals surface area contributed by atoms with Crippen LogP contribution in [0.3, 0.4) is 0 Å². The van der Waals surface area contributed by atoms with Crippen LogP contribution in [0.25, 0.3) is 0 Å². The first-order valence-corrected chi connectivity index (χ1v) is 4.85. The lowest BCUT2D eigenvalue weighted by Gasteiger charge is -2.24. The Labute approximate surface area is 83.7 Å². The first-order chi connectivity index (χ1) is 6.72. The van der Waals surface area contributed by atoms with Crippen molar-refractivity contribution in [2.75, 3.05) is 13.7 Å². The molecule has 0 saturated heterocycles. The van der Waals surface area contributed by atoms with Crippen LogP contribution in [0.2, 0.25) is 0 Å². The van der Waals surface area contributed by atoms with Crippen LogP contribution in [0.5, 0.6) is 11.5 Å². The Morgan fingerprint density at radius 3 is 3.00 bits per heavy atom. The Bertz CT molecular complexity index is 349. The zero-order chi connectivity index (χ0) is 10.1. The summed E-state index contributed by atoms with van der Waals surface area (Å²) in [7, 11) is 1.58. The smallest absolute Gasteiger partial charge is 0.160 e. The van der Waals surface area contributed by atoms with Crippen LogP contribution in [0.15, 0.2) is 12.1 Å². The molecule has 1 aliphatic rings. The number of nitrogens with one attached hydrogen (secondary N) is 1. The Morgan fingerprint density at radius 2 is 2.29 bits per heavy atom. The lowest BCUT2D eigenvalue weighted by Crippen LogP contribution is -2.27. The number of phenols is 1. The SMILES string of the molecule is COc1cc2c(cc1O)C(C)NCC2. The van der Waals surface area contributed by atoms with Gasteiger partial charge in [0.25, 0.3) is 0 Å². The number of ether oxygens (including phenoxy) is 1. The van der Waals surface area contributed by atoms with Crippen LogP contribution < -0.4 is 10.1 Å². The van der Waals surface area contributed by atoms with Gasteiger partial charge in [0.05, 0.1) is 7.11 Å². The van der Waals surface area contributed by atoms with Gasteiger partial charge in [-0.15, -0.1) is 0 Å². The third-order valence-electron chi connectivity index (χ3n) is 2.75. The molecule has 0 amide bonds. The Hall–Kier alpha value is -1.22. The molecule has 3 nitrogen and oxygen atoms in total. The Morgan fingerprint density at radius 1 is 1.50 bits per heavy atom. The van der Waals surface area contributed by atoms with Crippen LogP contribution in [0, 0.1) is 0 Å². The van der Waals surface area contributed by atoms with Crippen molar-refractivity contribution in [3.05, 3.63) is 23.3 Å². The molecule has 2 rings (SSSR count). The van der Waals surface area contributed by atoms with Crippen LogP contribution in [0.4, 0.5) is 0 Å². The van der Waals surface area contributed by atoms with Crippen molar-refractivity contribution in [1.82, 2.24) is 5.32 Å². The van der Waals surface area contributed by atoms with Gasteiger partial charge in [-0.2, -0.15) is 0 Å². The maximum absolute atomic E-state index is 9.63. The number of aromatic hydroxyl groups is 1. The molecule has 1 aromatic carbocycles. The van der Waals surface area contributed by atoms with E-state index in [4.69, 9.17) is 4.74 Å². The average molecular weight is 193 g/mol. The molecular weight excluding hydrogens is 178 g/mol. The summed E-state index contributed by atoms with van der Waals surface area (Å²) < 4.78 is 5.08. The van der Waals surface area contributed by atoms with E-state index in [0.29, 0.717) is 11.8 Å². The van der Waals surface area contributed by atoms with Crippen LogP contribution in [-0.2, 0) is 6.42 Å². The molecule has 0 radical (unpaired) electrons. The molecule has 0 spiro atoms. The molecule has 1 heterocycles. The molecule has 0 aromatic heterocycles. The summed E-state index contributed by atoms with van der Waals surface area (Å²) in [5, 5.41) is 13.0. The fraction of sp³-hybridized carbons (Fsp3) is 0.455. The molecule has 1 aromatic rings. The summed E-state index contributed by atoms with van der Waals surface area (Å²) in [6, 6.07) is 4.04. The normalized spacial score (nSPS) is 20.3. The molecule has 1 atom stereocenters. The highest BCUT2D eigenvalue weighted by atomic mass is 16.5. The van der Waals surface area contributed by atoms with Gasteiger partial charge in [-0.05, 0) is 43.1 Å². The standard InChI is InChI=1S/C11H15NO2/c1-7-9-6-10(13)11(14-2)5-8(9)3-4-12-7/h5-7,12-13H,3-4H2,1-2H3. The van der Waals surface area contributed by atoms with E-state index in [1.807, 2.05) is 6.07 Å². The molecule has 76 valence electrons. The maximum atomic E-state index is 9.63. The summed E-state index contributed by atoms with van der Waals surface area (Å²) in [5.74, 6) is 0.791. The number of phenolic OH excluding ortho intramolecular Hbond substituents is 1. The third-order valence-corrected chi connectivity index (χ3v) is 2.75. The first-order valence-electron chi connectivity index (χ1n) is 4.85. The highest BCUT2D eigenvalue weighted by molar-refractivity contribution is 5.48. The van der Waals surface area contributed by atoms with Gasteiger partial charge < -0.3 is 15.2 Å². The number of methoxy groups -OCH3 is 1. The van der Waals surface area contributed by atoms with E-state index in [1.54, 1.807) is 13.2 Å². The highest BCUT2D eigenvalue weighted by Crippen LogP contribution is 2.33. The van der Waals surface area contributed by atoms with Crippen molar-refractivity contribution >= 4 is 0 Å². The minimum Gasteiger partial charge on any atom is -0.504 e. The predicted octanol–water partition coefficient (Wildman–Crippen LogP) is 1.61. The molecule has 2 N–H and O–H groups in total. The van der Waals surface area contributed by atoms with Gasteiger partial charge in [-0.3, -0.25) is 0 Å². The molecule has 1 unspecified atom stereocenters. The number of hydrogen-bond acceptors (Lipinski definition) is 3. The molecule has 0 bridgehead atoms. The fourth-order valence-electron chi connectivity index (χ4n) is 1.94. The highest BCUT2D eigenvalue weighted by Gasteiger charge is 2.18. The van der Waals surface area contributed by atoms with Crippen molar-refractivity contribution < 1.29 is 9.84 Å². The predicted molar refractivity (Wildman–Crippen MR) is 54.8 cm³/mol. The minimum atomic E-state index is 0.224. The molecule has 14 heavy (non-hydrogen) atoms. The number of benzene rings is 1. The van der Waals surface area contributed by atoms with Crippen molar-refractivity contribution in [3.63, 3.8) is 0 Å². The van der Waals surface area contributed by atoms with Gasteiger partial charge in [0.2, 0.25) is 0 Å². The van der Waals surface area contributed by atoms with E-state index < -0.39 is 0 Å². The topological polar surface area (TPSA) is 41.5 Å². The van der Waals surface area contributed by atoms with Gasteiger partial charge >= 0.3 is 0 Å². The molecule has 1 aliphatic heterocycles. The zero-order valence-electron chi connectivity index (χ0n) is 8.50. The summed E-state index contributed by atoms with van der Waals surface area (Å²) in [6.45, 7) is 3.09. The molecule has 0 saturated carbocycles. The number of rotatable bonds is 1. The quantitative estimate of drug-likeness (QED) is 0.712. The Balaban J connectivity index is 2.48. The van der Waals surface area contributed by atoms with Crippen molar-refractivity contribution in [2.45, 2.75) is 19.4 Å². The van der Waals surface area contributed by atoms with E-state index in [9.17, 15) is 5.11 Å². The monoisotopic (exact) mass is 193 g/mol. The average Bonchev–Trinajstić information content (AvgIpc) is 2.19. The van der Waals surface area contributed by atoms with Crippen molar-refractivity contribution in [2.24, 2.45) is 0 Å². The lowest BCUT2D eigenvalue weighted by atomic mass is 9.95. The van der Waals surface area contributed by atoms with E-state index in [-0.39, 0.29) is 5.75 Å². The van der Waals surface area contributed by atoms with Crippen molar-refractivity contribution in [3.8, 4) is 11.5 Å². The first kappa shape index (κ1) is 9.34. The number of fused-ring (bicyclic) bond motifs is 1. The number of hydrogen-bond donors (Lipinski definition) is 2. The Kier molecular flexibility index (Phi) is 2.33. The van der Waals surface area contributed by atoms with E-state index in [0.717, 1.165) is 13.0 Å². The van der Waals surface area contributed by atoms with Gasteiger partial charge in [0.1, 0.15) is 0 Å². The van der Waals surface area contributed by atoms with Crippen LogP contribution >= 0.6 is 0 Å². The summed E-state index contributed by atoms with van der Waals surface area (Å²) in [5.41, 5.74) is 2.44. The van der Waals surface area contributed by atoms with Gasteiger partial charge in [-0.25, -0.2) is 0 Å². The molecule has 0 fully saturated rings. The zero-order valence-corrected chi connectivity index (χ0v) is 8.50. The van der Waals surface area contributed by atoms with E-state index >= 15 is 0 Å². The van der Waals surface area contributed by atoms with E-state index in [2.05, 4.69) is 12.2 Å².